The summed E-state index contributed by atoms with van der Waals surface area (Å²) >= 11 is 0. The van der Waals surface area contributed by atoms with Crippen molar-refractivity contribution in [2.75, 3.05) is 39.4 Å². The molecule has 86 valence electrons. The lowest BCUT2D eigenvalue weighted by Gasteiger charge is -2.28. The SMILES string of the molecule is O=C(C1CCCNC1)N1CCCOCC1. The van der Waals surface area contributed by atoms with E-state index in [1.165, 1.54) is 0 Å². The van der Waals surface area contributed by atoms with Gasteiger partial charge in [0.15, 0.2) is 0 Å². The Hall–Kier alpha value is -0.610. The highest BCUT2D eigenvalue weighted by atomic mass is 16.5. The van der Waals surface area contributed by atoms with Crippen LogP contribution < -0.4 is 5.32 Å². The first-order valence-electron chi connectivity index (χ1n) is 5.95. The molecule has 1 unspecified atom stereocenters. The van der Waals surface area contributed by atoms with Crippen molar-refractivity contribution in [2.45, 2.75) is 19.3 Å². The third kappa shape index (κ3) is 2.92. The normalized spacial score (nSPS) is 28.5. The molecule has 2 aliphatic rings. The van der Waals surface area contributed by atoms with E-state index in [1.807, 2.05) is 4.90 Å². The Morgan fingerprint density at radius 3 is 3.00 bits per heavy atom. The zero-order chi connectivity index (χ0) is 10.5. The lowest BCUT2D eigenvalue weighted by Crippen LogP contribution is -2.43. The van der Waals surface area contributed by atoms with Crippen LogP contribution in [0, 0.1) is 5.92 Å². The molecule has 1 atom stereocenters. The van der Waals surface area contributed by atoms with E-state index >= 15 is 0 Å². The highest BCUT2D eigenvalue weighted by Crippen LogP contribution is 2.14. The summed E-state index contributed by atoms with van der Waals surface area (Å²) < 4.78 is 5.35. The number of nitrogens with one attached hydrogen (secondary N) is 1. The van der Waals surface area contributed by atoms with Crippen LogP contribution in [-0.4, -0.2) is 50.2 Å². The summed E-state index contributed by atoms with van der Waals surface area (Å²) in [5.74, 6) is 0.532. The fourth-order valence-electron chi connectivity index (χ4n) is 2.29. The maximum absolute atomic E-state index is 12.1. The molecular formula is C11H20N2O2. The van der Waals surface area contributed by atoms with E-state index in [2.05, 4.69) is 5.32 Å². The van der Waals surface area contributed by atoms with Crippen molar-refractivity contribution in [3.05, 3.63) is 0 Å². The van der Waals surface area contributed by atoms with Gasteiger partial charge >= 0.3 is 0 Å². The molecule has 0 aromatic heterocycles. The molecule has 0 radical (unpaired) electrons. The second-order valence-electron chi connectivity index (χ2n) is 4.33. The van der Waals surface area contributed by atoms with Gasteiger partial charge in [-0.1, -0.05) is 0 Å². The number of carbonyl (C=O) groups is 1. The van der Waals surface area contributed by atoms with Gasteiger partial charge in [-0.15, -0.1) is 0 Å². The monoisotopic (exact) mass is 212 g/mol. The highest BCUT2D eigenvalue weighted by Gasteiger charge is 2.26. The zero-order valence-corrected chi connectivity index (χ0v) is 9.21. The number of rotatable bonds is 1. The van der Waals surface area contributed by atoms with E-state index in [9.17, 15) is 4.79 Å². The molecule has 4 nitrogen and oxygen atoms in total. The predicted octanol–water partition coefficient (Wildman–Crippen LogP) is 0.235. The van der Waals surface area contributed by atoms with Crippen LogP contribution in [0.4, 0.5) is 0 Å². The standard InChI is InChI=1S/C11H20N2O2/c14-11(10-3-1-4-12-9-10)13-5-2-7-15-8-6-13/h10,12H,1-9H2. The molecule has 2 aliphatic heterocycles. The Balaban J connectivity index is 1.87. The molecule has 1 amide bonds. The second kappa shape index (κ2) is 5.47. The number of hydrogen-bond donors (Lipinski definition) is 1. The van der Waals surface area contributed by atoms with Crippen LogP contribution in [0.15, 0.2) is 0 Å². The van der Waals surface area contributed by atoms with Crippen LogP contribution in [0.1, 0.15) is 19.3 Å². The lowest BCUT2D eigenvalue weighted by molar-refractivity contribution is -0.136. The van der Waals surface area contributed by atoms with Crippen molar-refractivity contribution in [3.8, 4) is 0 Å². The third-order valence-corrected chi connectivity index (χ3v) is 3.18. The van der Waals surface area contributed by atoms with Gasteiger partial charge in [0, 0.05) is 26.2 Å². The molecule has 15 heavy (non-hydrogen) atoms. The molecule has 4 heteroatoms. The minimum absolute atomic E-state index is 0.205. The quantitative estimate of drug-likeness (QED) is 0.677. The van der Waals surface area contributed by atoms with Crippen LogP contribution in [0.3, 0.4) is 0 Å². The summed E-state index contributed by atoms with van der Waals surface area (Å²) in [6.07, 6.45) is 3.15. The first-order chi connectivity index (χ1) is 7.38. The summed E-state index contributed by atoms with van der Waals surface area (Å²) in [5, 5.41) is 3.29. The number of amides is 1. The van der Waals surface area contributed by atoms with Crippen molar-refractivity contribution in [2.24, 2.45) is 5.92 Å². The van der Waals surface area contributed by atoms with Crippen LogP contribution in [-0.2, 0) is 9.53 Å². The number of hydrogen-bond acceptors (Lipinski definition) is 3. The Bertz CT molecular complexity index is 207. The van der Waals surface area contributed by atoms with Gasteiger partial charge in [-0.3, -0.25) is 4.79 Å². The van der Waals surface area contributed by atoms with E-state index in [0.717, 1.165) is 52.0 Å². The van der Waals surface area contributed by atoms with Crippen LogP contribution in [0.5, 0.6) is 0 Å². The van der Waals surface area contributed by atoms with Crippen molar-refractivity contribution in [1.29, 1.82) is 0 Å². The molecule has 0 spiro atoms. The molecule has 1 N–H and O–H groups in total. The Morgan fingerprint density at radius 1 is 1.27 bits per heavy atom. The molecule has 0 bridgehead atoms. The average Bonchev–Trinajstić information content (AvgIpc) is 2.58. The summed E-state index contributed by atoms with van der Waals surface area (Å²) in [6, 6.07) is 0. The van der Waals surface area contributed by atoms with Gasteiger partial charge in [-0.05, 0) is 25.8 Å². The molecular weight excluding hydrogens is 192 g/mol. The molecule has 0 aromatic carbocycles. The molecule has 2 rings (SSSR count). The average molecular weight is 212 g/mol. The number of piperidine rings is 1. The van der Waals surface area contributed by atoms with Gasteiger partial charge in [0.25, 0.3) is 0 Å². The van der Waals surface area contributed by atoms with E-state index < -0.39 is 0 Å². The fourth-order valence-corrected chi connectivity index (χ4v) is 2.29. The summed E-state index contributed by atoms with van der Waals surface area (Å²) in [4.78, 5) is 14.1. The Labute approximate surface area is 91.0 Å². The highest BCUT2D eigenvalue weighted by molar-refractivity contribution is 5.79. The van der Waals surface area contributed by atoms with Gasteiger partial charge in [-0.2, -0.15) is 0 Å². The number of nitrogens with zero attached hydrogens (tertiary/aromatic N) is 1. The van der Waals surface area contributed by atoms with Gasteiger partial charge < -0.3 is 15.0 Å². The fraction of sp³-hybridized carbons (Fsp3) is 0.909. The maximum Gasteiger partial charge on any atom is 0.227 e. The molecule has 2 fully saturated rings. The van der Waals surface area contributed by atoms with Gasteiger partial charge in [0.2, 0.25) is 5.91 Å². The van der Waals surface area contributed by atoms with E-state index in [4.69, 9.17) is 4.74 Å². The summed E-state index contributed by atoms with van der Waals surface area (Å²) in [7, 11) is 0. The van der Waals surface area contributed by atoms with Crippen LogP contribution >= 0.6 is 0 Å². The largest absolute Gasteiger partial charge is 0.380 e. The van der Waals surface area contributed by atoms with Crippen molar-refractivity contribution in [1.82, 2.24) is 10.2 Å². The van der Waals surface area contributed by atoms with Crippen molar-refractivity contribution >= 4 is 5.91 Å². The Kier molecular flexibility index (Phi) is 3.97. The van der Waals surface area contributed by atoms with Crippen molar-refractivity contribution in [3.63, 3.8) is 0 Å². The van der Waals surface area contributed by atoms with E-state index in [0.29, 0.717) is 12.5 Å². The molecule has 0 aliphatic carbocycles. The predicted molar refractivity (Wildman–Crippen MR) is 57.6 cm³/mol. The van der Waals surface area contributed by atoms with Gasteiger partial charge in [0.05, 0.1) is 12.5 Å². The minimum Gasteiger partial charge on any atom is -0.380 e. The molecule has 2 saturated heterocycles. The maximum atomic E-state index is 12.1. The lowest BCUT2D eigenvalue weighted by atomic mass is 9.98. The molecule has 2 heterocycles. The minimum atomic E-state index is 0.205. The summed E-state index contributed by atoms with van der Waals surface area (Å²) in [6.45, 7) is 5.06. The van der Waals surface area contributed by atoms with Crippen LogP contribution in [0.25, 0.3) is 0 Å². The van der Waals surface area contributed by atoms with Crippen molar-refractivity contribution < 1.29 is 9.53 Å². The third-order valence-electron chi connectivity index (χ3n) is 3.18. The van der Waals surface area contributed by atoms with Gasteiger partial charge in [0.1, 0.15) is 0 Å². The van der Waals surface area contributed by atoms with Crippen LogP contribution in [0.2, 0.25) is 0 Å². The summed E-state index contributed by atoms with van der Waals surface area (Å²) in [5.41, 5.74) is 0. The second-order valence-corrected chi connectivity index (χ2v) is 4.33. The smallest absolute Gasteiger partial charge is 0.227 e. The zero-order valence-electron chi connectivity index (χ0n) is 9.21. The Morgan fingerprint density at radius 2 is 2.20 bits per heavy atom. The number of ether oxygens (including phenoxy) is 1. The topological polar surface area (TPSA) is 41.6 Å². The number of carbonyl (C=O) groups excluding carboxylic acids is 1. The van der Waals surface area contributed by atoms with E-state index in [1.54, 1.807) is 0 Å². The first kappa shape index (κ1) is 10.9. The van der Waals surface area contributed by atoms with E-state index in [-0.39, 0.29) is 5.92 Å². The van der Waals surface area contributed by atoms with Gasteiger partial charge in [-0.25, -0.2) is 0 Å². The molecule has 0 aromatic rings. The first-order valence-corrected chi connectivity index (χ1v) is 5.95. The molecule has 0 saturated carbocycles.